The first-order valence-corrected chi connectivity index (χ1v) is 6.67. The summed E-state index contributed by atoms with van der Waals surface area (Å²) in [5.41, 5.74) is 1.63. The second-order valence-electron chi connectivity index (χ2n) is 4.02. The molecule has 0 aliphatic heterocycles. The molecule has 2 rings (SSSR count). The van der Waals surface area contributed by atoms with Gasteiger partial charge in [-0.3, -0.25) is 4.79 Å². The topological polar surface area (TPSA) is 26.3 Å². The molecule has 1 aromatic carbocycles. The zero-order chi connectivity index (χ0) is 13.3. The minimum Gasteiger partial charge on any atom is -0.496 e. The van der Waals surface area contributed by atoms with Gasteiger partial charge in [-0.15, -0.1) is 11.3 Å². The summed E-state index contributed by atoms with van der Waals surface area (Å²) in [5.74, 6) is 0.503. The highest BCUT2D eigenvalue weighted by Crippen LogP contribution is 2.29. The monoisotopic (exact) mass is 280 g/mol. The molecule has 2 aromatic rings. The molecule has 94 valence electrons. The van der Waals surface area contributed by atoms with Crippen LogP contribution in [0.15, 0.2) is 24.3 Å². The number of thiophene rings is 1. The predicted molar refractivity (Wildman–Crippen MR) is 75.2 cm³/mol. The van der Waals surface area contributed by atoms with Crippen LogP contribution in [0.25, 0.3) is 0 Å². The lowest BCUT2D eigenvalue weighted by molar-refractivity contribution is 0.103. The number of ketones is 1. The summed E-state index contributed by atoms with van der Waals surface area (Å²) >= 11 is 7.43. The molecule has 0 saturated carbocycles. The Hall–Kier alpha value is -1.32. The molecule has 1 heterocycles. The van der Waals surface area contributed by atoms with Crippen molar-refractivity contribution in [1.29, 1.82) is 0 Å². The zero-order valence-electron chi connectivity index (χ0n) is 10.4. The van der Waals surface area contributed by atoms with Gasteiger partial charge in [0.1, 0.15) is 5.75 Å². The van der Waals surface area contributed by atoms with E-state index in [1.165, 1.54) is 11.3 Å². The van der Waals surface area contributed by atoms with E-state index in [9.17, 15) is 4.79 Å². The Kier molecular flexibility index (Phi) is 3.73. The summed E-state index contributed by atoms with van der Waals surface area (Å²) in [4.78, 5) is 14.3. The first-order chi connectivity index (χ1) is 8.52. The summed E-state index contributed by atoms with van der Waals surface area (Å²) < 4.78 is 5.21. The molecule has 0 bridgehead atoms. The van der Waals surface area contributed by atoms with Crippen LogP contribution in [0, 0.1) is 13.8 Å². The first kappa shape index (κ1) is 13.1. The normalized spacial score (nSPS) is 10.4. The van der Waals surface area contributed by atoms with Gasteiger partial charge in [0.15, 0.2) is 0 Å². The average molecular weight is 281 g/mol. The van der Waals surface area contributed by atoms with Gasteiger partial charge in [-0.25, -0.2) is 0 Å². The molecule has 2 nitrogen and oxygen atoms in total. The summed E-state index contributed by atoms with van der Waals surface area (Å²) in [6.45, 7) is 4.00. The number of carbonyl (C=O) groups is 1. The molecule has 0 saturated heterocycles. The molecule has 0 spiro atoms. The van der Waals surface area contributed by atoms with Crippen molar-refractivity contribution in [3.8, 4) is 5.75 Å². The van der Waals surface area contributed by atoms with Crippen LogP contribution in [-0.2, 0) is 0 Å². The highest BCUT2D eigenvalue weighted by atomic mass is 35.5. The van der Waals surface area contributed by atoms with Crippen molar-refractivity contribution in [3.63, 3.8) is 0 Å². The number of ether oxygens (including phenoxy) is 1. The molecule has 18 heavy (non-hydrogen) atoms. The van der Waals surface area contributed by atoms with Gasteiger partial charge in [0.25, 0.3) is 0 Å². The molecular formula is C14H13ClO2S. The quantitative estimate of drug-likeness (QED) is 0.786. The fourth-order valence-corrected chi connectivity index (χ4v) is 2.84. The van der Waals surface area contributed by atoms with E-state index in [4.69, 9.17) is 16.3 Å². The molecule has 4 heteroatoms. The molecular weight excluding hydrogens is 268 g/mol. The fraction of sp³-hybridized carbons (Fsp3) is 0.214. The van der Waals surface area contributed by atoms with E-state index in [0.717, 1.165) is 10.4 Å². The van der Waals surface area contributed by atoms with E-state index < -0.39 is 0 Å². The number of aryl methyl sites for hydroxylation is 2. The van der Waals surface area contributed by atoms with Crippen molar-refractivity contribution in [2.45, 2.75) is 13.8 Å². The molecule has 0 unspecified atom stereocenters. The number of rotatable bonds is 3. The summed E-state index contributed by atoms with van der Waals surface area (Å²) in [6.07, 6.45) is 0. The summed E-state index contributed by atoms with van der Waals surface area (Å²) in [7, 11) is 1.55. The van der Waals surface area contributed by atoms with Crippen LogP contribution in [0.1, 0.15) is 25.7 Å². The molecule has 1 aromatic heterocycles. The molecule has 0 aliphatic rings. The maximum absolute atomic E-state index is 12.4. The van der Waals surface area contributed by atoms with E-state index in [2.05, 4.69) is 0 Å². The van der Waals surface area contributed by atoms with Crippen molar-refractivity contribution >= 4 is 28.7 Å². The Bertz CT molecular complexity index is 582. The second kappa shape index (κ2) is 5.12. The molecule has 0 radical (unpaired) electrons. The lowest BCUT2D eigenvalue weighted by atomic mass is 10.1. The minimum atomic E-state index is -0.0458. The number of benzene rings is 1. The number of hydrogen-bond acceptors (Lipinski definition) is 3. The van der Waals surface area contributed by atoms with Gasteiger partial charge in [0.2, 0.25) is 5.78 Å². The Morgan fingerprint density at radius 1 is 1.28 bits per heavy atom. The molecule has 0 amide bonds. The van der Waals surface area contributed by atoms with Crippen LogP contribution < -0.4 is 4.74 Å². The van der Waals surface area contributed by atoms with Crippen molar-refractivity contribution in [2.24, 2.45) is 0 Å². The molecule has 0 N–H and O–H groups in total. The van der Waals surface area contributed by atoms with E-state index in [0.29, 0.717) is 21.2 Å². The van der Waals surface area contributed by atoms with Crippen LogP contribution in [0.4, 0.5) is 0 Å². The van der Waals surface area contributed by atoms with E-state index in [-0.39, 0.29) is 5.78 Å². The Balaban J connectivity index is 2.48. The van der Waals surface area contributed by atoms with Crippen LogP contribution in [0.3, 0.4) is 0 Å². The first-order valence-electron chi connectivity index (χ1n) is 5.48. The molecule has 0 atom stereocenters. The maximum atomic E-state index is 12.4. The summed E-state index contributed by atoms with van der Waals surface area (Å²) in [6, 6.07) is 6.97. The Morgan fingerprint density at radius 2 is 2.00 bits per heavy atom. The number of methoxy groups -OCH3 is 1. The molecule has 0 aliphatic carbocycles. The van der Waals surface area contributed by atoms with Gasteiger partial charge >= 0.3 is 0 Å². The van der Waals surface area contributed by atoms with Crippen LogP contribution in [0.5, 0.6) is 5.75 Å². The Labute approximate surface area is 115 Å². The van der Waals surface area contributed by atoms with Gasteiger partial charge in [0, 0.05) is 9.90 Å². The highest BCUT2D eigenvalue weighted by Gasteiger charge is 2.17. The van der Waals surface area contributed by atoms with Gasteiger partial charge < -0.3 is 4.74 Å². The van der Waals surface area contributed by atoms with Crippen molar-refractivity contribution in [3.05, 3.63) is 50.2 Å². The van der Waals surface area contributed by atoms with E-state index in [1.54, 1.807) is 25.3 Å². The number of halogens is 1. The van der Waals surface area contributed by atoms with E-state index in [1.807, 2.05) is 19.9 Å². The van der Waals surface area contributed by atoms with Gasteiger partial charge in [-0.2, -0.15) is 0 Å². The Morgan fingerprint density at radius 3 is 2.56 bits per heavy atom. The van der Waals surface area contributed by atoms with Crippen LogP contribution >= 0.6 is 22.9 Å². The lowest BCUT2D eigenvalue weighted by Crippen LogP contribution is -2.02. The maximum Gasteiger partial charge on any atom is 0.206 e. The standard InChI is InChI=1S/C14H13ClO2S/c1-8-6-13(18-9(8)2)14(16)11-7-10(15)4-5-12(11)17-3/h4-7H,1-3H3. The molecule has 0 fully saturated rings. The fourth-order valence-electron chi connectivity index (χ4n) is 1.68. The zero-order valence-corrected chi connectivity index (χ0v) is 12.0. The average Bonchev–Trinajstić information content (AvgIpc) is 2.68. The predicted octanol–water partition coefficient (Wildman–Crippen LogP) is 4.26. The van der Waals surface area contributed by atoms with Crippen molar-refractivity contribution < 1.29 is 9.53 Å². The van der Waals surface area contributed by atoms with Gasteiger partial charge in [0.05, 0.1) is 17.6 Å². The van der Waals surface area contributed by atoms with Gasteiger partial charge in [-0.05, 0) is 43.7 Å². The van der Waals surface area contributed by atoms with Crippen LogP contribution in [0.2, 0.25) is 5.02 Å². The third-order valence-electron chi connectivity index (χ3n) is 2.80. The second-order valence-corrected chi connectivity index (χ2v) is 5.72. The van der Waals surface area contributed by atoms with Gasteiger partial charge in [-0.1, -0.05) is 11.6 Å². The highest BCUT2D eigenvalue weighted by molar-refractivity contribution is 7.14. The van der Waals surface area contributed by atoms with Crippen LogP contribution in [-0.4, -0.2) is 12.9 Å². The third kappa shape index (κ3) is 2.42. The van der Waals surface area contributed by atoms with Crippen molar-refractivity contribution in [2.75, 3.05) is 7.11 Å². The number of carbonyl (C=O) groups excluding carboxylic acids is 1. The number of hydrogen-bond donors (Lipinski definition) is 0. The smallest absolute Gasteiger partial charge is 0.206 e. The third-order valence-corrected chi connectivity index (χ3v) is 4.18. The van der Waals surface area contributed by atoms with E-state index >= 15 is 0 Å². The summed E-state index contributed by atoms with van der Waals surface area (Å²) in [5, 5.41) is 0.532. The minimum absolute atomic E-state index is 0.0458. The SMILES string of the molecule is COc1ccc(Cl)cc1C(=O)c1cc(C)c(C)s1. The van der Waals surface area contributed by atoms with Crippen molar-refractivity contribution in [1.82, 2.24) is 0 Å². The lowest BCUT2D eigenvalue weighted by Gasteiger charge is -2.06. The largest absolute Gasteiger partial charge is 0.496 e.